The van der Waals surface area contributed by atoms with E-state index in [1.807, 2.05) is 37.3 Å². The van der Waals surface area contributed by atoms with Gasteiger partial charge in [-0.15, -0.1) is 0 Å². The Balaban J connectivity index is 2.00. The molecule has 0 aliphatic rings. The van der Waals surface area contributed by atoms with Crippen LogP contribution in [0.4, 0.5) is 0 Å². The molecular weight excluding hydrogens is 280 g/mol. The first-order valence-corrected chi connectivity index (χ1v) is 7.21. The molecule has 0 atom stereocenters. The van der Waals surface area contributed by atoms with Crippen molar-refractivity contribution in [2.45, 2.75) is 13.3 Å². The Kier molecular flexibility index (Phi) is 5.75. The van der Waals surface area contributed by atoms with Gasteiger partial charge < -0.3 is 14.5 Å². The van der Waals surface area contributed by atoms with Crippen molar-refractivity contribution < 1.29 is 13.9 Å². The molecule has 0 fully saturated rings. The molecule has 1 aromatic heterocycles. The van der Waals surface area contributed by atoms with Crippen molar-refractivity contribution in [2.24, 2.45) is 0 Å². The molecule has 1 amide bonds. The standard InChI is InChI=1S/C17H18N2O3/c1-2-21-9-5-8-19-17(20)14(12-18)11-15-10-13-6-3-4-7-16(13)22-15/h3-4,6-7,10-11H,2,5,8-9H2,1H3,(H,19,20)/b14-11+. The van der Waals surface area contributed by atoms with Gasteiger partial charge in [-0.1, -0.05) is 18.2 Å². The number of carbonyl (C=O) groups is 1. The Bertz CT molecular complexity index is 677. The van der Waals surface area contributed by atoms with Crippen molar-refractivity contribution in [1.29, 1.82) is 5.26 Å². The van der Waals surface area contributed by atoms with Gasteiger partial charge in [0.25, 0.3) is 5.91 Å². The molecule has 1 aromatic carbocycles. The van der Waals surface area contributed by atoms with Crippen LogP contribution in [0.15, 0.2) is 40.3 Å². The lowest BCUT2D eigenvalue weighted by Gasteiger charge is -2.03. The smallest absolute Gasteiger partial charge is 0.262 e. The summed E-state index contributed by atoms with van der Waals surface area (Å²) in [5.41, 5.74) is 0.749. The van der Waals surface area contributed by atoms with Crippen molar-refractivity contribution >= 4 is 23.0 Å². The molecule has 5 nitrogen and oxygen atoms in total. The number of nitrogens with one attached hydrogen (secondary N) is 1. The Morgan fingerprint density at radius 2 is 2.27 bits per heavy atom. The molecule has 0 aliphatic carbocycles. The fourth-order valence-corrected chi connectivity index (χ4v) is 1.98. The molecule has 1 heterocycles. The van der Waals surface area contributed by atoms with Gasteiger partial charge in [0, 0.05) is 31.2 Å². The number of hydrogen-bond donors (Lipinski definition) is 1. The highest BCUT2D eigenvalue weighted by Crippen LogP contribution is 2.20. The number of benzene rings is 1. The second-order valence-corrected chi connectivity index (χ2v) is 4.66. The summed E-state index contributed by atoms with van der Waals surface area (Å²) in [5.74, 6) is 0.0849. The largest absolute Gasteiger partial charge is 0.457 e. The Morgan fingerprint density at radius 1 is 1.45 bits per heavy atom. The van der Waals surface area contributed by atoms with E-state index in [1.165, 1.54) is 6.08 Å². The maximum absolute atomic E-state index is 11.9. The fraction of sp³-hybridized carbons (Fsp3) is 0.294. The number of rotatable bonds is 7. The maximum atomic E-state index is 11.9. The fourth-order valence-electron chi connectivity index (χ4n) is 1.98. The second-order valence-electron chi connectivity index (χ2n) is 4.66. The van der Waals surface area contributed by atoms with Gasteiger partial charge in [-0.3, -0.25) is 4.79 Å². The zero-order chi connectivity index (χ0) is 15.8. The van der Waals surface area contributed by atoms with Gasteiger partial charge in [0.15, 0.2) is 0 Å². The third-order valence-electron chi connectivity index (χ3n) is 3.05. The molecule has 0 saturated heterocycles. The van der Waals surface area contributed by atoms with E-state index in [9.17, 15) is 4.79 Å². The molecule has 1 N–H and O–H groups in total. The predicted molar refractivity (Wildman–Crippen MR) is 83.9 cm³/mol. The minimum atomic E-state index is -0.403. The predicted octanol–water partition coefficient (Wildman–Crippen LogP) is 2.88. The quantitative estimate of drug-likeness (QED) is 0.484. The first-order chi connectivity index (χ1) is 10.7. The highest BCUT2D eigenvalue weighted by atomic mass is 16.5. The van der Waals surface area contributed by atoms with Gasteiger partial charge in [-0.25, -0.2) is 0 Å². The van der Waals surface area contributed by atoms with E-state index in [2.05, 4.69) is 5.32 Å². The SMILES string of the molecule is CCOCCCNC(=O)/C(C#N)=C/c1cc2ccccc2o1. The van der Waals surface area contributed by atoms with Crippen LogP contribution in [0.2, 0.25) is 0 Å². The summed E-state index contributed by atoms with van der Waals surface area (Å²) >= 11 is 0. The van der Waals surface area contributed by atoms with E-state index in [0.29, 0.717) is 31.9 Å². The van der Waals surface area contributed by atoms with Gasteiger partial charge >= 0.3 is 0 Å². The van der Waals surface area contributed by atoms with Crippen LogP contribution >= 0.6 is 0 Å². The molecule has 0 aliphatic heterocycles. The molecular formula is C17H18N2O3. The van der Waals surface area contributed by atoms with E-state index in [0.717, 1.165) is 11.0 Å². The first-order valence-electron chi connectivity index (χ1n) is 7.21. The van der Waals surface area contributed by atoms with Crippen molar-refractivity contribution in [3.63, 3.8) is 0 Å². The molecule has 0 saturated carbocycles. The van der Waals surface area contributed by atoms with Gasteiger partial charge in [0.1, 0.15) is 23.0 Å². The van der Waals surface area contributed by atoms with Gasteiger partial charge in [-0.05, 0) is 25.5 Å². The summed E-state index contributed by atoms with van der Waals surface area (Å²) in [5, 5.41) is 12.8. The lowest BCUT2D eigenvalue weighted by atomic mass is 10.2. The summed E-state index contributed by atoms with van der Waals surface area (Å²) in [4.78, 5) is 11.9. The molecule has 0 bridgehead atoms. The number of amides is 1. The molecule has 0 unspecified atom stereocenters. The number of para-hydroxylation sites is 1. The number of furan rings is 1. The van der Waals surface area contributed by atoms with Crippen LogP contribution in [0.25, 0.3) is 17.0 Å². The highest BCUT2D eigenvalue weighted by Gasteiger charge is 2.10. The molecule has 2 rings (SSSR count). The monoisotopic (exact) mass is 298 g/mol. The molecule has 0 spiro atoms. The molecule has 5 heteroatoms. The van der Waals surface area contributed by atoms with E-state index >= 15 is 0 Å². The van der Waals surface area contributed by atoms with Crippen molar-refractivity contribution in [2.75, 3.05) is 19.8 Å². The summed E-state index contributed by atoms with van der Waals surface area (Å²) in [6, 6.07) is 11.2. The number of fused-ring (bicyclic) bond motifs is 1. The van der Waals surface area contributed by atoms with Crippen LogP contribution in [-0.2, 0) is 9.53 Å². The van der Waals surface area contributed by atoms with Gasteiger partial charge in [-0.2, -0.15) is 5.26 Å². The zero-order valence-electron chi connectivity index (χ0n) is 12.5. The number of carbonyl (C=O) groups excluding carboxylic acids is 1. The third-order valence-corrected chi connectivity index (χ3v) is 3.05. The van der Waals surface area contributed by atoms with Crippen molar-refractivity contribution in [3.05, 3.63) is 41.7 Å². The second kappa shape index (κ2) is 8.01. The lowest BCUT2D eigenvalue weighted by molar-refractivity contribution is -0.117. The van der Waals surface area contributed by atoms with Crippen LogP contribution in [0, 0.1) is 11.3 Å². The summed E-state index contributed by atoms with van der Waals surface area (Å²) in [7, 11) is 0. The van der Waals surface area contributed by atoms with Crippen LogP contribution in [0.1, 0.15) is 19.1 Å². The average Bonchev–Trinajstić information content (AvgIpc) is 2.94. The summed E-state index contributed by atoms with van der Waals surface area (Å²) in [6.45, 7) is 3.63. The summed E-state index contributed by atoms with van der Waals surface area (Å²) in [6.07, 6.45) is 2.17. The van der Waals surface area contributed by atoms with Gasteiger partial charge in [0.2, 0.25) is 0 Å². The number of hydrogen-bond acceptors (Lipinski definition) is 4. The minimum Gasteiger partial charge on any atom is -0.457 e. The first kappa shape index (κ1) is 15.8. The topological polar surface area (TPSA) is 75.3 Å². The molecule has 0 radical (unpaired) electrons. The highest BCUT2D eigenvalue weighted by molar-refractivity contribution is 6.01. The zero-order valence-corrected chi connectivity index (χ0v) is 12.5. The van der Waals surface area contributed by atoms with Crippen LogP contribution in [-0.4, -0.2) is 25.7 Å². The number of ether oxygens (including phenoxy) is 1. The Morgan fingerprint density at radius 3 is 3.00 bits per heavy atom. The van der Waals surface area contributed by atoms with E-state index in [4.69, 9.17) is 14.4 Å². The van der Waals surface area contributed by atoms with Crippen LogP contribution < -0.4 is 5.32 Å². The average molecular weight is 298 g/mol. The van der Waals surface area contributed by atoms with Crippen LogP contribution in [0.5, 0.6) is 0 Å². The summed E-state index contributed by atoms with van der Waals surface area (Å²) < 4.78 is 10.8. The van der Waals surface area contributed by atoms with Crippen LogP contribution in [0.3, 0.4) is 0 Å². The van der Waals surface area contributed by atoms with Crippen molar-refractivity contribution in [1.82, 2.24) is 5.32 Å². The normalized spacial score (nSPS) is 11.4. The molecule has 114 valence electrons. The third kappa shape index (κ3) is 4.21. The number of nitrogens with zero attached hydrogens (tertiary/aromatic N) is 1. The molecule has 22 heavy (non-hydrogen) atoms. The number of nitriles is 1. The minimum absolute atomic E-state index is 0.0236. The Labute approximate surface area is 129 Å². The van der Waals surface area contributed by atoms with Gasteiger partial charge in [0.05, 0.1) is 0 Å². The maximum Gasteiger partial charge on any atom is 0.262 e. The molecule has 2 aromatic rings. The van der Waals surface area contributed by atoms with E-state index < -0.39 is 5.91 Å². The van der Waals surface area contributed by atoms with Crippen molar-refractivity contribution in [3.8, 4) is 6.07 Å². The lowest BCUT2D eigenvalue weighted by Crippen LogP contribution is -2.26. The van der Waals surface area contributed by atoms with E-state index in [-0.39, 0.29) is 5.57 Å². The van der Waals surface area contributed by atoms with E-state index in [1.54, 1.807) is 6.07 Å². The Hall–Kier alpha value is -2.58.